The Hall–Kier alpha value is -2.67. The van der Waals surface area contributed by atoms with Crippen molar-refractivity contribution in [2.24, 2.45) is 0 Å². The molecule has 7 heteroatoms. The van der Waals surface area contributed by atoms with Crippen molar-refractivity contribution in [2.75, 3.05) is 32.1 Å². The van der Waals surface area contributed by atoms with Gasteiger partial charge in [-0.2, -0.15) is 0 Å². The quantitative estimate of drug-likeness (QED) is 0.857. The van der Waals surface area contributed by atoms with Crippen molar-refractivity contribution in [3.05, 3.63) is 54.0 Å². The van der Waals surface area contributed by atoms with Crippen molar-refractivity contribution in [2.45, 2.75) is 18.4 Å². The molecule has 1 amide bonds. The molecule has 1 aromatic carbocycles. The third-order valence-corrected chi connectivity index (χ3v) is 4.39. The normalized spacial score (nSPS) is 19.9. The number of β-amino-alcohol motifs (C(OH)–C–C–N with tert-alkyl or cyclic N) is 1. The van der Waals surface area contributed by atoms with E-state index in [1.807, 2.05) is 0 Å². The molecule has 1 aromatic heterocycles. The van der Waals surface area contributed by atoms with E-state index >= 15 is 0 Å². The lowest BCUT2D eigenvalue weighted by atomic mass is 9.93. The average Bonchev–Trinajstić information content (AvgIpc) is 2.67. The van der Waals surface area contributed by atoms with Crippen LogP contribution in [0, 0.1) is 5.82 Å². The van der Waals surface area contributed by atoms with Gasteiger partial charge in [-0.15, -0.1) is 0 Å². The lowest BCUT2D eigenvalue weighted by Gasteiger charge is -2.38. The van der Waals surface area contributed by atoms with Crippen LogP contribution in [0.2, 0.25) is 0 Å². The van der Waals surface area contributed by atoms with E-state index in [9.17, 15) is 14.3 Å². The molecular weight excluding hydrogens is 337 g/mol. The monoisotopic (exact) mass is 359 g/mol. The zero-order valence-corrected chi connectivity index (χ0v) is 14.6. The van der Waals surface area contributed by atoms with Crippen molar-refractivity contribution in [3.63, 3.8) is 0 Å². The molecule has 1 aliphatic heterocycles. The largest absolute Gasteiger partial charge is 0.491 e. The number of aliphatic hydroxyl groups is 1. The van der Waals surface area contributed by atoms with Gasteiger partial charge in [0.2, 0.25) is 0 Å². The topological polar surface area (TPSA) is 74.7 Å². The van der Waals surface area contributed by atoms with Crippen molar-refractivity contribution < 1.29 is 19.0 Å². The minimum absolute atomic E-state index is 0.0341. The lowest BCUT2D eigenvalue weighted by molar-refractivity contribution is -0.0533. The number of piperidine rings is 1. The number of carbonyl (C=O) groups excluding carboxylic acids is 1. The first-order chi connectivity index (χ1) is 12.5. The molecule has 2 N–H and O–H groups in total. The molecule has 26 heavy (non-hydrogen) atoms. The van der Waals surface area contributed by atoms with Crippen LogP contribution in [0.3, 0.4) is 0 Å². The van der Waals surface area contributed by atoms with Crippen LogP contribution in [-0.2, 0) is 0 Å². The van der Waals surface area contributed by atoms with Crippen LogP contribution in [0.25, 0.3) is 0 Å². The fourth-order valence-electron chi connectivity index (χ4n) is 3.01. The maximum absolute atomic E-state index is 13.0. The Morgan fingerprint density at radius 1 is 1.35 bits per heavy atom. The van der Waals surface area contributed by atoms with Gasteiger partial charge in [-0.3, -0.25) is 4.79 Å². The van der Waals surface area contributed by atoms with E-state index in [0.29, 0.717) is 36.6 Å². The van der Waals surface area contributed by atoms with E-state index in [2.05, 4.69) is 10.3 Å². The summed E-state index contributed by atoms with van der Waals surface area (Å²) >= 11 is 0. The first-order valence-corrected chi connectivity index (χ1v) is 8.54. The fourth-order valence-corrected chi connectivity index (χ4v) is 3.01. The standard InChI is InChI=1S/C19H22FN3O3/c1-21-17-5-2-4-16(22-17)18(24)23-11-3-10-19(25,12-23)13-26-15-8-6-14(20)7-9-15/h2,4-9,25H,3,10-13H2,1H3,(H,21,22)/t19-/m0/s1. The molecule has 0 unspecified atom stereocenters. The Morgan fingerprint density at radius 3 is 2.85 bits per heavy atom. The first kappa shape index (κ1) is 18.1. The summed E-state index contributed by atoms with van der Waals surface area (Å²) in [4.78, 5) is 18.6. The highest BCUT2D eigenvalue weighted by molar-refractivity contribution is 5.92. The molecule has 0 radical (unpaired) electrons. The Labute approximate surface area is 151 Å². The predicted molar refractivity (Wildman–Crippen MR) is 95.8 cm³/mol. The molecule has 138 valence electrons. The van der Waals surface area contributed by atoms with Gasteiger partial charge in [0.15, 0.2) is 0 Å². The third kappa shape index (κ3) is 4.29. The number of nitrogens with zero attached hydrogens (tertiary/aromatic N) is 2. The molecule has 3 rings (SSSR count). The Morgan fingerprint density at radius 2 is 2.12 bits per heavy atom. The number of pyridine rings is 1. The highest BCUT2D eigenvalue weighted by Crippen LogP contribution is 2.24. The zero-order valence-electron chi connectivity index (χ0n) is 14.6. The van der Waals surface area contributed by atoms with Gasteiger partial charge in [0.1, 0.15) is 35.3 Å². The van der Waals surface area contributed by atoms with Gasteiger partial charge >= 0.3 is 0 Å². The number of anilines is 1. The molecule has 0 saturated carbocycles. The molecule has 2 heterocycles. The lowest BCUT2D eigenvalue weighted by Crippen LogP contribution is -2.53. The van der Waals surface area contributed by atoms with Gasteiger partial charge in [-0.05, 0) is 49.2 Å². The number of amides is 1. The second kappa shape index (κ2) is 7.70. The minimum Gasteiger partial charge on any atom is -0.491 e. The van der Waals surface area contributed by atoms with Crippen LogP contribution in [-0.4, -0.2) is 53.2 Å². The van der Waals surface area contributed by atoms with Gasteiger partial charge in [-0.1, -0.05) is 6.07 Å². The Balaban J connectivity index is 1.65. The van der Waals surface area contributed by atoms with Crippen LogP contribution in [0.5, 0.6) is 5.75 Å². The fraction of sp³-hybridized carbons (Fsp3) is 0.368. The first-order valence-electron chi connectivity index (χ1n) is 8.54. The highest BCUT2D eigenvalue weighted by atomic mass is 19.1. The van der Waals surface area contributed by atoms with E-state index in [1.165, 1.54) is 24.3 Å². The van der Waals surface area contributed by atoms with Crippen LogP contribution in [0.15, 0.2) is 42.5 Å². The number of hydrogen-bond acceptors (Lipinski definition) is 5. The molecule has 1 aliphatic rings. The summed E-state index contributed by atoms with van der Waals surface area (Å²) in [6, 6.07) is 10.8. The molecule has 1 atom stereocenters. The molecule has 0 bridgehead atoms. The Kier molecular flexibility index (Phi) is 5.37. The number of nitrogens with one attached hydrogen (secondary N) is 1. The molecule has 1 fully saturated rings. The number of halogens is 1. The summed E-state index contributed by atoms with van der Waals surface area (Å²) in [6.07, 6.45) is 1.20. The van der Waals surface area contributed by atoms with Crippen molar-refractivity contribution in [3.8, 4) is 5.75 Å². The molecule has 0 aliphatic carbocycles. The summed E-state index contributed by atoms with van der Waals surface area (Å²) < 4.78 is 18.5. The summed E-state index contributed by atoms with van der Waals surface area (Å²) in [5, 5.41) is 13.7. The predicted octanol–water partition coefficient (Wildman–Crippen LogP) is 2.31. The van der Waals surface area contributed by atoms with Gasteiger partial charge in [0.05, 0.1) is 6.54 Å². The smallest absolute Gasteiger partial charge is 0.272 e. The number of hydrogen-bond donors (Lipinski definition) is 2. The zero-order chi connectivity index (χ0) is 18.6. The number of rotatable bonds is 5. The van der Waals surface area contributed by atoms with E-state index in [-0.39, 0.29) is 24.9 Å². The van der Waals surface area contributed by atoms with E-state index in [4.69, 9.17) is 4.74 Å². The molecule has 6 nitrogen and oxygen atoms in total. The second-order valence-electron chi connectivity index (χ2n) is 6.46. The summed E-state index contributed by atoms with van der Waals surface area (Å²) in [6.45, 7) is 0.758. The third-order valence-electron chi connectivity index (χ3n) is 4.39. The number of aromatic nitrogens is 1. The summed E-state index contributed by atoms with van der Waals surface area (Å²) in [7, 11) is 1.74. The maximum atomic E-state index is 13.0. The molecular formula is C19H22FN3O3. The Bertz CT molecular complexity index is 769. The minimum atomic E-state index is -1.15. The van der Waals surface area contributed by atoms with Crippen molar-refractivity contribution in [1.82, 2.24) is 9.88 Å². The van der Waals surface area contributed by atoms with E-state index in [0.717, 1.165) is 0 Å². The number of carbonyl (C=O) groups is 1. The molecule has 2 aromatic rings. The van der Waals surface area contributed by atoms with Gasteiger partial charge < -0.3 is 20.1 Å². The maximum Gasteiger partial charge on any atom is 0.272 e. The second-order valence-corrected chi connectivity index (χ2v) is 6.46. The SMILES string of the molecule is CNc1cccc(C(=O)N2CCC[C@@](O)(COc3ccc(F)cc3)C2)n1. The number of likely N-dealkylation sites (tertiary alicyclic amines) is 1. The van der Waals surface area contributed by atoms with Crippen molar-refractivity contribution >= 4 is 11.7 Å². The van der Waals surface area contributed by atoms with E-state index < -0.39 is 5.60 Å². The van der Waals surface area contributed by atoms with Crippen LogP contribution < -0.4 is 10.1 Å². The summed E-state index contributed by atoms with van der Waals surface area (Å²) in [5.74, 6) is 0.526. The van der Waals surface area contributed by atoms with Gasteiger partial charge in [0.25, 0.3) is 5.91 Å². The molecule has 0 spiro atoms. The highest BCUT2D eigenvalue weighted by Gasteiger charge is 2.36. The van der Waals surface area contributed by atoms with Crippen LogP contribution >= 0.6 is 0 Å². The van der Waals surface area contributed by atoms with Crippen molar-refractivity contribution in [1.29, 1.82) is 0 Å². The van der Waals surface area contributed by atoms with Gasteiger partial charge in [0, 0.05) is 13.6 Å². The van der Waals surface area contributed by atoms with Crippen LogP contribution in [0.4, 0.5) is 10.2 Å². The van der Waals surface area contributed by atoms with Crippen LogP contribution in [0.1, 0.15) is 23.3 Å². The van der Waals surface area contributed by atoms with E-state index in [1.54, 1.807) is 30.1 Å². The van der Waals surface area contributed by atoms with Gasteiger partial charge in [-0.25, -0.2) is 9.37 Å². The average molecular weight is 359 g/mol. The number of benzene rings is 1. The summed E-state index contributed by atoms with van der Waals surface area (Å²) in [5.41, 5.74) is -0.816. The number of ether oxygens (including phenoxy) is 1. The molecule has 1 saturated heterocycles.